The Bertz CT molecular complexity index is 460. The van der Waals surface area contributed by atoms with E-state index in [4.69, 9.17) is 5.73 Å². The van der Waals surface area contributed by atoms with Crippen molar-refractivity contribution in [1.82, 2.24) is 14.5 Å². The van der Waals surface area contributed by atoms with Crippen LogP contribution >= 0.6 is 23.3 Å². The van der Waals surface area contributed by atoms with Crippen LogP contribution in [0.25, 0.3) is 0 Å². The summed E-state index contributed by atoms with van der Waals surface area (Å²) in [6.45, 7) is 0. The van der Waals surface area contributed by atoms with Gasteiger partial charge in [0.05, 0.1) is 23.9 Å². The van der Waals surface area contributed by atoms with Gasteiger partial charge in [0.25, 0.3) is 0 Å². The number of thioether (sulfide) groups is 1. The number of hydrogen-bond acceptors (Lipinski definition) is 6. The second-order valence-corrected chi connectivity index (χ2v) is 5.54. The molecule has 1 aromatic rings. The van der Waals surface area contributed by atoms with Gasteiger partial charge in [-0.15, -0.1) is 16.9 Å². The Hall–Kier alpha value is -1.41. The third-order valence-electron chi connectivity index (χ3n) is 2.36. The summed E-state index contributed by atoms with van der Waals surface area (Å²) in [6.07, 6.45) is 4.86. The van der Waals surface area contributed by atoms with Crippen LogP contribution in [-0.2, 0) is 16.0 Å². The zero-order chi connectivity index (χ0) is 13.0. The maximum absolute atomic E-state index is 10.7. The minimum Gasteiger partial charge on any atom is -0.369 e. The average molecular weight is 284 g/mol. The van der Waals surface area contributed by atoms with Crippen molar-refractivity contribution >= 4 is 35.1 Å². The van der Waals surface area contributed by atoms with E-state index >= 15 is 0 Å². The Morgan fingerprint density at radius 3 is 2.94 bits per heavy atom. The van der Waals surface area contributed by atoms with Crippen LogP contribution in [0.3, 0.4) is 0 Å². The van der Waals surface area contributed by atoms with Crippen LogP contribution in [0.4, 0.5) is 0 Å². The molecule has 0 saturated carbocycles. The summed E-state index contributed by atoms with van der Waals surface area (Å²) in [5, 5.41) is 5.80. The van der Waals surface area contributed by atoms with E-state index in [1.165, 1.54) is 11.5 Å². The molecule has 18 heavy (non-hydrogen) atoms. The highest BCUT2D eigenvalue weighted by molar-refractivity contribution is 8.00. The monoisotopic (exact) mass is 284 g/mol. The third-order valence-corrected chi connectivity index (χ3v) is 4.08. The molecule has 1 aromatic heterocycles. The van der Waals surface area contributed by atoms with Gasteiger partial charge in [-0.2, -0.15) is 0 Å². The number of β-lactam (4-membered cyclic amide) rings is 1. The zero-order valence-electron chi connectivity index (χ0n) is 9.48. The van der Waals surface area contributed by atoms with E-state index in [1.54, 1.807) is 10.3 Å². The number of primary amides is 1. The molecule has 2 N–H and O–H groups in total. The van der Waals surface area contributed by atoms with Crippen molar-refractivity contribution in [2.75, 3.05) is 5.75 Å². The van der Waals surface area contributed by atoms with Crippen LogP contribution < -0.4 is 5.73 Å². The van der Waals surface area contributed by atoms with Gasteiger partial charge in [0.1, 0.15) is 0 Å². The van der Waals surface area contributed by atoms with Gasteiger partial charge in [-0.05, 0) is 11.5 Å². The largest absolute Gasteiger partial charge is 0.369 e. The fraction of sp³-hybridized carbons (Fsp3) is 0.400. The molecule has 2 amide bonds. The van der Waals surface area contributed by atoms with Crippen LogP contribution in [0.5, 0.6) is 0 Å². The summed E-state index contributed by atoms with van der Waals surface area (Å²) in [5.41, 5.74) is 5.53. The Balaban J connectivity index is 0.000000134. The summed E-state index contributed by atoms with van der Waals surface area (Å²) < 4.78 is 3.56. The van der Waals surface area contributed by atoms with Gasteiger partial charge < -0.3 is 10.6 Å². The summed E-state index contributed by atoms with van der Waals surface area (Å²) >= 11 is 3.05. The highest BCUT2D eigenvalue weighted by Crippen LogP contribution is 2.32. The zero-order valence-corrected chi connectivity index (χ0v) is 11.1. The molecule has 8 heteroatoms. The topological polar surface area (TPSA) is 89.2 Å². The van der Waals surface area contributed by atoms with E-state index < -0.39 is 0 Å². The van der Waals surface area contributed by atoms with Crippen molar-refractivity contribution in [3.05, 3.63) is 23.3 Å². The normalized spacial score (nSPS) is 20.6. The van der Waals surface area contributed by atoms with E-state index in [1.807, 2.05) is 24.0 Å². The van der Waals surface area contributed by atoms with E-state index in [0.717, 1.165) is 12.2 Å². The van der Waals surface area contributed by atoms with Crippen LogP contribution in [0, 0.1) is 0 Å². The minimum absolute atomic E-state index is 0.191. The van der Waals surface area contributed by atoms with E-state index in [2.05, 4.69) is 9.59 Å². The number of hydrogen-bond donors (Lipinski definition) is 1. The Labute approximate surface area is 112 Å². The molecule has 0 unspecified atom stereocenters. The molecule has 0 aliphatic carbocycles. The molecule has 1 saturated heterocycles. The second kappa shape index (κ2) is 5.96. The fourth-order valence-electron chi connectivity index (χ4n) is 1.48. The number of fused-ring (bicyclic) bond motifs is 1. The average Bonchev–Trinajstić information content (AvgIpc) is 2.80. The number of nitrogens with two attached hydrogens (primary N) is 1. The maximum Gasteiger partial charge on any atom is 0.230 e. The Morgan fingerprint density at radius 1 is 1.61 bits per heavy atom. The summed E-state index contributed by atoms with van der Waals surface area (Å²) in [7, 11) is 0. The lowest BCUT2D eigenvalue weighted by molar-refractivity contribution is -0.137. The molecule has 0 aromatic carbocycles. The van der Waals surface area contributed by atoms with Crippen molar-refractivity contribution in [2.45, 2.75) is 18.2 Å². The Kier molecular flexibility index (Phi) is 4.32. The van der Waals surface area contributed by atoms with Crippen LogP contribution in [0.2, 0.25) is 0 Å². The van der Waals surface area contributed by atoms with Gasteiger partial charge in [-0.1, -0.05) is 10.6 Å². The highest BCUT2D eigenvalue weighted by atomic mass is 32.2. The molecule has 96 valence electrons. The number of aromatic nitrogens is 2. The maximum atomic E-state index is 10.7. The van der Waals surface area contributed by atoms with E-state index in [0.29, 0.717) is 11.1 Å². The number of rotatable bonds is 2. The van der Waals surface area contributed by atoms with Gasteiger partial charge in [-0.25, -0.2) is 0 Å². The molecule has 3 heterocycles. The van der Waals surface area contributed by atoms with Gasteiger partial charge in [0.2, 0.25) is 11.8 Å². The number of carbonyl (C=O) groups excluding carboxylic acids is 2. The Morgan fingerprint density at radius 2 is 2.44 bits per heavy atom. The lowest BCUT2D eigenvalue weighted by Crippen LogP contribution is -2.48. The van der Waals surface area contributed by atoms with Crippen molar-refractivity contribution in [1.29, 1.82) is 0 Å². The lowest BCUT2D eigenvalue weighted by atomic mass is 10.2. The van der Waals surface area contributed by atoms with Crippen LogP contribution in [-0.4, -0.2) is 37.4 Å². The summed E-state index contributed by atoms with van der Waals surface area (Å²) in [5.74, 6) is 0.959. The first-order valence-electron chi connectivity index (χ1n) is 5.30. The fourth-order valence-corrected chi connectivity index (χ4v) is 2.96. The standard InChI is InChI=1S/C6H7NOS.C4H5N3OS/c8-5-4-6-7(5)2-1-3-9-6;5-4(8)1-3-2-9-7-6-3/h1-2,6H,3-4H2;2H,1H2,(H2,5,8)/t6-;/m1./s1. The highest BCUT2D eigenvalue weighted by Gasteiger charge is 2.35. The van der Waals surface area contributed by atoms with Crippen molar-refractivity contribution in [2.24, 2.45) is 5.73 Å². The predicted molar refractivity (Wildman–Crippen MR) is 69.7 cm³/mol. The van der Waals surface area contributed by atoms with Crippen LogP contribution in [0.1, 0.15) is 12.1 Å². The minimum atomic E-state index is -0.372. The predicted octanol–water partition coefficient (Wildman–Crippen LogP) is 0.371. The quantitative estimate of drug-likeness (QED) is 0.793. The van der Waals surface area contributed by atoms with Crippen molar-refractivity contribution in [3.8, 4) is 0 Å². The van der Waals surface area contributed by atoms with Gasteiger partial charge >= 0.3 is 0 Å². The molecular weight excluding hydrogens is 272 g/mol. The number of carbonyl (C=O) groups is 2. The molecule has 2 aliphatic heterocycles. The van der Waals surface area contributed by atoms with Crippen molar-refractivity contribution in [3.63, 3.8) is 0 Å². The van der Waals surface area contributed by atoms with E-state index in [-0.39, 0.29) is 18.2 Å². The van der Waals surface area contributed by atoms with Gasteiger partial charge in [-0.3, -0.25) is 9.59 Å². The molecule has 3 rings (SSSR count). The summed E-state index contributed by atoms with van der Waals surface area (Å²) in [6, 6.07) is 0. The lowest BCUT2D eigenvalue weighted by Gasteiger charge is -2.39. The third kappa shape index (κ3) is 3.30. The first-order chi connectivity index (χ1) is 8.66. The van der Waals surface area contributed by atoms with Crippen molar-refractivity contribution < 1.29 is 9.59 Å². The molecule has 0 spiro atoms. The van der Waals surface area contributed by atoms with Gasteiger partial charge in [0.15, 0.2) is 0 Å². The van der Waals surface area contributed by atoms with Crippen LogP contribution in [0.15, 0.2) is 17.7 Å². The molecule has 1 atom stereocenters. The summed E-state index contributed by atoms with van der Waals surface area (Å²) in [4.78, 5) is 22.8. The molecule has 0 radical (unpaired) electrons. The molecule has 0 bridgehead atoms. The smallest absolute Gasteiger partial charge is 0.230 e. The molecule has 1 fully saturated rings. The molecular formula is C10H12N4O2S2. The molecule has 2 aliphatic rings. The first kappa shape index (κ1) is 13.0. The van der Waals surface area contributed by atoms with Gasteiger partial charge in [0, 0.05) is 17.3 Å². The molecule has 6 nitrogen and oxygen atoms in total. The second-order valence-electron chi connectivity index (χ2n) is 3.72. The first-order valence-corrected chi connectivity index (χ1v) is 7.19. The van der Waals surface area contributed by atoms with E-state index in [9.17, 15) is 9.59 Å². The number of amides is 2. The number of nitrogens with zero attached hydrogens (tertiary/aromatic N) is 3. The SMILES string of the molecule is NC(=O)Cc1csnn1.O=C1C[C@H]2SCC=CN12.